The van der Waals surface area contributed by atoms with E-state index in [0.29, 0.717) is 24.5 Å². The van der Waals surface area contributed by atoms with Gasteiger partial charge in [0.05, 0.1) is 29.1 Å². The number of aromatic carboxylic acids is 1. The number of ether oxygens (including phenoxy) is 1. The topological polar surface area (TPSA) is 75.8 Å². The number of nitrogens with two attached hydrogens (primary N) is 1. The first-order valence-corrected chi connectivity index (χ1v) is 6.01. The van der Waals surface area contributed by atoms with Gasteiger partial charge in [-0.1, -0.05) is 6.07 Å². The molecule has 1 aliphatic heterocycles. The first-order valence-electron chi connectivity index (χ1n) is 6.01. The van der Waals surface area contributed by atoms with Gasteiger partial charge in [0, 0.05) is 13.1 Å². The molecule has 0 amide bonds. The maximum Gasteiger partial charge on any atom is 0.337 e. The lowest BCUT2D eigenvalue weighted by atomic mass is 10.1. The number of hydrogen-bond donors (Lipinski definition) is 2. The van der Waals surface area contributed by atoms with Gasteiger partial charge in [0.25, 0.3) is 0 Å². The minimum absolute atomic E-state index is 0.0648. The number of carboxylic acids is 1. The van der Waals surface area contributed by atoms with E-state index in [0.717, 1.165) is 0 Å². The Morgan fingerprint density at radius 2 is 2.00 bits per heavy atom. The molecule has 18 heavy (non-hydrogen) atoms. The number of morpholine rings is 1. The number of rotatable bonds is 2. The molecule has 1 saturated heterocycles. The number of carboxylic acid groups (broad SMARTS) is 1. The van der Waals surface area contributed by atoms with Crippen molar-refractivity contribution in [2.24, 2.45) is 0 Å². The van der Waals surface area contributed by atoms with Gasteiger partial charge < -0.3 is 20.5 Å². The normalized spacial score (nSPS) is 24.0. The van der Waals surface area contributed by atoms with Crippen molar-refractivity contribution in [3.05, 3.63) is 23.8 Å². The lowest BCUT2D eigenvalue weighted by Gasteiger charge is -2.37. The van der Waals surface area contributed by atoms with Crippen LogP contribution >= 0.6 is 0 Å². The second kappa shape index (κ2) is 4.86. The second-order valence-corrected chi connectivity index (χ2v) is 4.71. The van der Waals surface area contributed by atoms with E-state index < -0.39 is 5.97 Å². The first-order chi connectivity index (χ1) is 8.49. The fourth-order valence-electron chi connectivity index (χ4n) is 2.45. The molecular formula is C13H18N2O3. The largest absolute Gasteiger partial charge is 0.478 e. The summed E-state index contributed by atoms with van der Waals surface area (Å²) in [4.78, 5) is 13.3. The fourth-order valence-corrected chi connectivity index (χ4v) is 2.45. The van der Waals surface area contributed by atoms with Crippen LogP contribution in [0.5, 0.6) is 0 Å². The molecule has 1 heterocycles. The van der Waals surface area contributed by atoms with Crippen LogP contribution in [0.4, 0.5) is 11.4 Å². The van der Waals surface area contributed by atoms with Crippen molar-refractivity contribution in [3.8, 4) is 0 Å². The molecule has 1 fully saturated rings. The Balaban J connectivity index is 2.40. The third-order valence-electron chi connectivity index (χ3n) is 3.03. The molecular weight excluding hydrogens is 232 g/mol. The van der Waals surface area contributed by atoms with E-state index in [-0.39, 0.29) is 17.8 Å². The van der Waals surface area contributed by atoms with Crippen LogP contribution in [0.1, 0.15) is 24.2 Å². The monoisotopic (exact) mass is 250 g/mol. The average molecular weight is 250 g/mol. The van der Waals surface area contributed by atoms with Crippen molar-refractivity contribution in [2.45, 2.75) is 26.1 Å². The maximum atomic E-state index is 11.3. The molecule has 0 unspecified atom stereocenters. The summed E-state index contributed by atoms with van der Waals surface area (Å²) in [7, 11) is 0. The van der Waals surface area contributed by atoms with Crippen molar-refractivity contribution in [1.29, 1.82) is 0 Å². The highest BCUT2D eigenvalue weighted by Gasteiger charge is 2.26. The minimum Gasteiger partial charge on any atom is -0.478 e. The van der Waals surface area contributed by atoms with E-state index in [9.17, 15) is 9.90 Å². The third kappa shape index (κ3) is 2.41. The van der Waals surface area contributed by atoms with Gasteiger partial charge in [-0.3, -0.25) is 0 Å². The third-order valence-corrected chi connectivity index (χ3v) is 3.03. The molecule has 0 spiro atoms. The summed E-state index contributed by atoms with van der Waals surface area (Å²) < 4.78 is 5.65. The zero-order chi connectivity index (χ0) is 13.3. The van der Waals surface area contributed by atoms with Crippen LogP contribution in [0.2, 0.25) is 0 Å². The Morgan fingerprint density at radius 3 is 2.56 bits per heavy atom. The Kier molecular flexibility index (Phi) is 3.43. The molecule has 0 saturated carbocycles. The van der Waals surface area contributed by atoms with Crippen molar-refractivity contribution in [2.75, 3.05) is 23.7 Å². The summed E-state index contributed by atoms with van der Waals surface area (Å²) in [6.45, 7) is 5.25. The number of para-hydroxylation sites is 1. The lowest BCUT2D eigenvalue weighted by molar-refractivity contribution is -0.00527. The van der Waals surface area contributed by atoms with Crippen molar-refractivity contribution >= 4 is 17.3 Å². The lowest BCUT2D eigenvalue weighted by Crippen LogP contribution is -2.46. The Morgan fingerprint density at radius 1 is 1.39 bits per heavy atom. The summed E-state index contributed by atoms with van der Waals surface area (Å²) in [6.07, 6.45) is 0.130. The highest BCUT2D eigenvalue weighted by molar-refractivity contribution is 5.98. The van der Waals surface area contributed by atoms with Crippen LogP contribution in [0.15, 0.2) is 18.2 Å². The predicted molar refractivity (Wildman–Crippen MR) is 70.0 cm³/mol. The fraction of sp³-hybridized carbons (Fsp3) is 0.462. The maximum absolute atomic E-state index is 11.3. The van der Waals surface area contributed by atoms with E-state index in [2.05, 4.69) is 0 Å². The van der Waals surface area contributed by atoms with Crippen LogP contribution in [-0.4, -0.2) is 36.4 Å². The van der Waals surface area contributed by atoms with E-state index in [1.165, 1.54) is 0 Å². The SMILES string of the molecule is C[C@@H]1CN(c2c(N)cccc2C(=O)O)C[C@H](C)O1. The molecule has 0 aliphatic carbocycles. The average Bonchev–Trinajstić information content (AvgIpc) is 2.26. The standard InChI is InChI=1S/C13H18N2O3/c1-8-6-15(7-9(2)18-8)12-10(13(16)17)4-3-5-11(12)14/h3-5,8-9H,6-7,14H2,1-2H3,(H,16,17)/t8-,9+. The molecule has 0 aromatic heterocycles. The van der Waals surface area contributed by atoms with Gasteiger partial charge in [-0.2, -0.15) is 0 Å². The summed E-state index contributed by atoms with van der Waals surface area (Å²) in [5.41, 5.74) is 7.28. The van der Waals surface area contributed by atoms with Crippen LogP contribution in [0.3, 0.4) is 0 Å². The van der Waals surface area contributed by atoms with Crippen LogP contribution in [-0.2, 0) is 4.74 Å². The molecule has 3 N–H and O–H groups in total. The number of anilines is 2. The van der Waals surface area contributed by atoms with Crippen LogP contribution < -0.4 is 10.6 Å². The van der Waals surface area contributed by atoms with Crippen molar-refractivity contribution in [3.63, 3.8) is 0 Å². The van der Waals surface area contributed by atoms with Gasteiger partial charge in [0.2, 0.25) is 0 Å². The van der Waals surface area contributed by atoms with Gasteiger partial charge in [0.1, 0.15) is 0 Å². The summed E-state index contributed by atoms with van der Waals surface area (Å²) in [6, 6.07) is 4.97. The molecule has 98 valence electrons. The van der Waals surface area contributed by atoms with Crippen LogP contribution in [0.25, 0.3) is 0 Å². The Hall–Kier alpha value is -1.75. The number of nitrogen functional groups attached to an aromatic ring is 1. The predicted octanol–water partition coefficient (Wildman–Crippen LogP) is 1.58. The van der Waals surface area contributed by atoms with Crippen LogP contribution in [0, 0.1) is 0 Å². The van der Waals surface area contributed by atoms with E-state index in [1.807, 2.05) is 18.7 Å². The van der Waals surface area contributed by atoms with Gasteiger partial charge >= 0.3 is 5.97 Å². The van der Waals surface area contributed by atoms with E-state index >= 15 is 0 Å². The number of benzene rings is 1. The smallest absolute Gasteiger partial charge is 0.337 e. The quantitative estimate of drug-likeness (QED) is 0.779. The van der Waals surface area contributed by atoms with Gasteiger partial charge in [-0.15, -0.1) is 0 Å². The summed E-state index contributed by atoms with van der Waals surface area (Å²) in [5.74, 6) is -0.955. The molecule has 0 radical (unpaired) electrons. The zero-order valence-electron chi connectivity index (χ0n) is 10.6. The molecule has 5 nitrogen and oxygen atoms in total. The van der Waals surface area contributed by atoms with Crippen molar-refractivity contribution in [1.82, 2.24) is 0 Å². The van der Waals surface area contributed by atoms with E-state index in [4.69, 9.17) is 10.5 Å². The second-order valence-electron chi connectivity index (χ2n) is 4.71. The zero-order valence-corrected chi connectivity index (χ0v) is 10.6. The number of hydrogen-bond acceptors (Lipinski definition) is 4. The first kappa shape index (κ1) is 12.7. The Bertz CT molecular complexity index is 452. The molecule has 1 aliphatic rings. The molecule has 2 atom stereocenters. The van der Waals surface area contributed by atoms with Gasteiger partial charge in [-0.25, -0.2) is 4.79 Å². The highest BCUT2D eigenvalue weighted by atomic mass is 16.5. The number of carbonyl (C=O) groups is 1. The highest BCUT2D eigenvalue weighted by Crippen LogP contribution is 2.30. The molecule has 0 bridgehead atoms. The molecule has 2 rings (SSSR count). The molecule has 1 aromatic rings. The molecule has 5 heteroatoms. The summed E-state index contributed by atoms with van der Waals surface area (Å²) in [5, 5.41) is 9.24. The van der Waals surface area contributed by atoms with Crippen molar-refractivity contribution < 1.29 is 14.6 Å². The molecule has 1 aromatic carbocycles. The minimum atomic E-state index is -0.955. The van der Waals surface area contributed by atoms with E-state index in [1.54, 1.807) is 18.2 Å². The Labute approximate surface area is 106 Å². The van der Waals surface area contributed by atoms with Gasteiger partial charge in [0.15, 0.2) is 0 Å². The number of nitrogens with zero attached hydrogens (tertiary/aromatic N) is 1. The van der Waals surface area contributed by atoms with Gasteiger partial charge in [-0.05, 0) is 26.0 Å². The summed E-state index contributed by atoms with van der Waals surface area (Å²) >= 11 is 0.